The second-order valence-electron chi connectivity index (χ2n) is 7.68. The Hall–Kier alpha value is -2.04. The predicted molar refractivity (Wildman–Crippen MR) is 118 cm³/mol. The van der Waals surface area contributed by atoms with Crippen LogP contribution in [0.15, 0.2) is 58.3 Å². The molecule has 0 radical (unpaired) electrons. The minimum atomic E-state index is -4.77. The van der Waals surface area contributed by atoms with Crippen LogP contribution in [-0.2, 0) is 21.0 Å². The SMILES string of the molecule is CSc1ccc(C(C)NC(=O)C2CCN(S(=O)(=O)c3ccccc3C(F)(F)F)CC2)cc1. The van der Waals surface area contributed by atoms with Gasteiger partial charge >= 0.3 is 6.18 Å². The van der Waals surface area contributed by atoms with E-state index in [1.807, 2.05) is 37.4 Å². The van der Waals surface area contributed by atoms with E-state index < -0.39 is 32.6 Å². The van der Waals surface area contributed by atoms with E-state index >= 15 is 0 Å². The highest BCUT2D eigenvalue weighted by Crippen LogP contribution is 2.36. The zero-order chi connectivity index (χ0) is 23.5. The number of hydrogen-bond donors (Lipinski definition) is 1. The number of rotatable bonds is 6. The Labute approximate surface area is 190 Å². The van der Waals surface area contributed by atoms with Gasteiger partial charge in [-0.15, -0.1) is 11.8 Å². The van der Waals surface area contributed by atoms with E-state index in [1.165, 1.54) is 6.07 Å². The number of nitrogens with zero attached hydrogens (tertiary/aromatic N) is 1. The molecule has 0 aliphatic carbocycles. The van der Waals surface area contributed by atoms with Crippen molar-refractivity contribution in [1.82, 2.24) is 9.62 Å². The van der Waals surface area contributed by atoms with E-state index in [9.17, 15) is 26.4 Å². The van der Waals surface area contributed by atoms with Gasteiger partial charge in [-0.3, -0.25) is 4.79 Å². The van der Waals surface area contributed by atoms with E-state index in [-0.39, 0.29) is 37.9 Å². The number of nitrogens with one attached hydrogen (secondary N) is 1. The molecule has 1 unspecified atom stereocenters. The van der Waals surface area contributed by atoms with Crippen LogP contribution in [-0.4, -0.2) is 38.0 Å². The molecule has 0 aromatic heterocycles. The molecule has 1 atom stereocenters. The second kappa shape index (κ2) is 9.84. The average molecular weight is 487 g/mol. The van der Waals surface area contributed by atoms with Crippen LogP contribution in [0.4, 0.5) is 13.2 Å². The maximum absolute atomic E-state index is 13.3. The van der Waals surface area contributed by atoms with Gasteiger partial charge in [0.05, 0.1) is 16.5 Å². The van der Waals surface area contributed by atoms with Crippen LogP contribution in [0.5, 0.6) is 0 Å². The Morgan fingerprint density at radius 2 is 1.69 bits per heavy atom. The molecule has 1 N–H and O–H groups in total. The summed E-state index contributed by atoms with van der Waals surface area (Å²) in [5.74, 6) is -0.577. The Bertz CT molecular complexity index is 1050. The quantitative estimate of drug-likeness (QED) is 0.601. The molecule has 1 heterocycles. The summed E-state index contributed by atoms with van der Waals surface area (Å²) >= 11 is 1.62. The van der Waals surface area contributed by atoms with Crippen LogP contribution in [0.2, 0.25) is 0 Å². The van der Waals surface area contributed by atoms with Crippen molar-refractivity contribution in [3.63, 3.8) is 0 Å². The maximum Gasteiger partial charge on any atom is 0.417 e. The zero-order valence-electron chi connectivity index (χ0n) is 17.7. The first-order valence-electron chi connectivity index (χ1n) is 10.1. The van der Waals surface area contributed by atoms with Crippen LogP contribution < -0.4 is 5.32 Å². The summed E-state index contributed by atoms with van der Waals surface area (Å²) < 4.78 is 66.6. The number of carbonyl (C=O) groups excluding carboxylic acids is 1. The Morgan fingerprint density at radius 1 is 1.09 bits per heavy atom. The van der Waals surface area contributed by atoms with Gasteiger partial charge < -0.3 is 5.32 Å². The number of halogens is 3. The maximum atomic E-state index is 13.3. The number of amides is 1. The molecule has 1 aliphatic heterocycles. The highest BCUT2D eigenvalue weighted by molar-refractivity contribution is 7.98. The molecule has 32 heavy (non-hydrogen) atoms. The van der Waals surface area contributed by atoms with Gasteiger partial charge in [0.2, 0.25) is 15.9 Å². The molecule has 5 nitrogen and oxygen atoms in total. The van der Waals surface area contributed by atoms with Crippen LogP contribution >= 0.6 is 11.8 Å². The molecular weight excluding hydrogens is 461 g/mol. The molecule has 1 amide bonds. The zero-order valence-corrected chi connectivity index (χ0v) is 19.4. The summed E-state index contributed by atoms with van der Waals surface area (Å²) in [5, 5.41) is 2.96. The van der Waals surface area contributed by atoms with Crippen LogP contribution in [0, 0.1) is 5.92 Å². The van der Waals surface area contributed by atoms with E-state index in [1.54, 1.807) is 11.8 Å². The van der Waals surface area contributed by atoms with Crippen molar-refractivity contribution in [2.75, 3.05) is 19.3 Å². The Kier molecular flexibility index (Phi) is 7.57. The van der Waals surface area contributed by atoms with E-state index in [0.29, 0.717) is 0 Å². The topological polar surface area (TPSA) is 66.5 Å². The summed E-state index contributed by atoms with van der Waals surface area (Å²) in [5.41, 5.74) is -0.221. The van der Waals surface area contributed by atoms with Gasteiger partial charge in [-0.1, -0.05) is 24.3 Å². The molecule has 3 rings (SSSR count). The monoisotopic (exact) mass is 486 g/mol. The highest BCUT2D eigenvalue weighted by atomic mass is 32.2. The van der Waals surface area contributed by atoms with Crippen molar-refractivity contribution >= 4 is 27.7 Å². The standard InChI is InChI=1S/C22H25F3N2O3S2/c1-15(16-7-9-18(31-2)10-8-16)26-21(28)17-11-13-27(14-12-17)32(29,30)20-6-4-3-5-19(20)22(23,24)25/h3-10,15,17H,11-14H2,1-2H3,(H,26,28). The number of piperidine rings is 1. The van der Waals surface area contributed by atoms with Gasteiger partial charge in [0.15, 0.2) is 0 Å². The van der Waals surface area contributed by atoms with Gasteiger partial charge in [-0.05, 0) is 55.9 Å². The molecule has 2 aromatic rings. The lowest BCUT2D eigenvalue weighted by Crippen LogP contribution is -2.43. The summed E-state index contributed by atoms with van der Waals surface area (Å²) in [6, 6.07) is 11.8. The predicted octanol–water partition coefficient (Wildman–Crippen LogP) is 4.71. The van der Waals surface area contributed by atoms with Crippen molar-refractivity contribution < 1.29 is 26.4 Å². The number of carbonyl (C=O) groups is 1. The third-order valence-corrected chi connectivity index (χ3v) is 8.31. The van der Waals surface area contributed by atoms with Crippen LogP contribution in [0.3, 0.4) is 0 Å². The number of thioether (sulfide) groups is 1. The minimum Gasteiger partial charge on any atom is -0.349 e. The first-order valence-corrected chi connectivity index (χ1v) is 12.8. The van der Waals surface area contributed by atoms with Crippen molar-refractivity contribution in [1.29, 1.82) is 0 Å². The van der Waals surface area contributed by atoms with Crippen LogP contribution in [0.25, 0.3) is 0 Å². The largest absolute Gasteiger partial charge is 0.417 e. The highest BCUT2D eigenvalue weighted by Gasteiger charge is 2.40. The molecule has 0 spiro atoms. The first-order chi connectivity index (χ1) is 15.0. The second-order valence-corrected chi connectivity index (χ2v) is 10.5. The molecule has 0 saturated carbocycles. The van der Waals surface area contributed by atoms with Gasteiger partial charge in [-0.2, -0.15) is 17.5 Å². The molecule has 1 saturated heterocycles. The fraction of sp³-hybridized carbons (Fsp3) is 0.409. The smallest absolute Gasteiger partial charge is 0.349 e. The lowest BCUT2D eigenvalue weighted by molar-refractivity contribution is -0.139. The van der Waals surface area contributed by atoms with Gasteiger partial charge in [0.25, 0.3) is 0 Å². The molecule has 10 heteroatoms. The summed E-state index contributed by atoms with van der Waals surface area (Å²) in [6.45, 7) is 1.85. The fourth-order valence-electron chi connectivity index (χ4n) is 3.73. The lowest BCUT2D eigenvalue weighted by atomic mass is 9.96. The number of hydrogen-bond acceptors (Lipinski definition) is 4. The number of alkyl halides is 3. The summed E-state index contributed by atoms with van der Waals surface area (Å²) in [7, 11) is -4.32. The van der Waals surface area contributed by atoms with Crippen molar-refractivity contribution in [3.8, 4) is 0 Å². The normalized spacial score (nSPS) is 17.2. The summed E-state index contributed by atoms with van der Waals surface area (Å²) in [6.07, 6.45) is -2.30. The van der Waals surface area contributed by atoms with E-state index in [0.717, 1.165) is 33.0 Å². The molecule has 1 fully saturated rings. The van der Waals surface area contributed by atoms with Crippen LogP contribution in [0.1, 0.15) is 36.9 Å². The molecule has 174 valence electrons. The first kappa shape index (κ1) is 24.6. The molecule has 1 aliphatic rings. The van der Waals surface area contributed by atoms with Gasteiger partial charge in [-0.25, -0.2) is 8.42 Å². The van der Waals surface area contributed by atoms with E-state index in [2.05, 4.69) is 5.32 Å². The number of benzene rings is 2. The Balaban J connectivity index is 1.64. The van der Waals surface area contributed by atoms with E-state index in [4.69, 9.17) is 0 Å². The fourth-order valence-corrected chi connectivity index (χ4v) is 5.82. The molecule has 0 bridgehead atoms. The van der Waals surface area contributed by atoms with Crippen molar-refractivity contribution in [2.45, 2.75) is 41.8 Å². The number of sulfonamides is 1. The minimum absolute atomic E-state index is 0.0105. The van der Waals surface area contributed by atoms with Crippen molar-refractivity contribution in [2.24, 2.45) is 5.92 Å². The Morgan fingerprint density at radius 3 is 2.25 bits per heavy atom. The average Bonchev–Trinajstić information content (AvgIpc) is 2.78. The summed E-state index contributed by atoms with van der Waals surface area (Å²) in [4.78, 5) is 13.1. The molecular formula is C22H25F3N2O3S2. The lowest BCUT2D eigenvalue weighted by Gasteiger charge is -2.31. The third kappa shape index (κ3) is 5.47. The van der Waals surface area contributed by atoms with Gasteiger partial charge in [0.1, 0.15) is 0 Å². The van der Waals surface area contributed by atoms with Crippen molar-refractivity contribution in [3.05, 3.63) is 59.7 Å². The molecule has 2 aromatic carbocycles. The third-order valence-electron chi connectivity index (χ3n) is 5.61. The van der Waals surface area contributed by atoms with Gasteiger partial charge in [0, 0.05) is 23.9 Å².